The third-order valence-corrected chi connectivity index (χ3v) is 11.1. The molecule has 0 atom stereocenters. The first-order valence-corrected chi connectivity index (χ1v) is 17.7. The van der Waals surface area contributed by atoms with Crippen LogP contribution in [-0.4, -0.2) is 19.1 Å². The summed E-state index contributed by atoms with van der Waals surface area (Å²) in [5, 5.41) is 8.63. The molecule has 0 N–H and O–H groups in total. The van der Waals surface area contributed by atoms with Crippen LogP contribution in [-0.2, 0) is 0 Å². The van der Waals surface area contributed by atoms with Gasteiger partial charge in [0.15, 0.2) is 0 Å². The highest BCUT2D eigenvalue weighted by molar-refractivity contribution is 6.22. The van der Waals surface area contributed by atoms with E-state index in [1.807, 2.05) is 12.4 Å². The zero-order chi connectivity index (χ0) is 33.9. The summed E-state index contributed by atoms with van der Waals surface area (Å²) in [5.74, 6) is 0.919. The molecular formula is C48H28N4. The molecule has 1 aliphatic carbocycles. The summed E-state index contributed by atoms with van der Waals surface area (Å²) in [4.78, 5) is 9.82. The molecule has 0 aliphatic heterocycles. The zero-order valence-electron chi connectivity index (χ0n) is 28.0. The molecular weight excluding hydrogens is 633 g/mol. The van der Waals surface area contributed by atoms with Crippen molar-refractivity contribution in [3.63, 3.8) is 0 Å². The van der Waals surface area contributed by atoms with Gasteiger partial charge in [0.05, 0.1) is 27.6 Å². The maximum atomic E-state index is 5.35. The van der Waals surface area contributed by atoms with Gasteiger partial charge in [-0.3, -0.25) is 9.55 Å². The van der Waals surface area contributed by atoms with E-state index in [2.05, 4.69) is 172 Å². The third kappa shape index (κ3) is 3.70. The van der Waals surface area contributed by atoms with Gasteiger partial charge < -0.3 is 4.57 Å². The van der Waals surface area contributed by atoms with Crippen molar-refractivity contribution in [3.05, 3.63) is 170 Å². The molecule has 0 unspecified atom stereocenters. The topological polar surface area (TPSA) is 35.6 Å². The average Bonchev–Trinajstić information content (AvgIpc) is 3.84. The van der Waals surface area contributed by atoms with E-state index in [1.165, 1.54) is 87.8 Å². The molecule has 4 heteroatoms. The molecule has 4 heterocycles. The first kappa shape index (κ1) is 27.7. The van der Waals surface area contributed by atoms with Crippen molar-refractivity contribution in [3.8, 4) is 44.9 Å². The van der Waals surface area contributed by atoms with Gasteiger partial charge in [0, 0.05) is 50.6 Å². The van der Waals surface area contributed by atoms with E-state index >= 15 is 0 Å². The number of fused-ring (bicyclic) bond motifs is 11. The molecule has 0 saturated heterocycles. The summed E-state index contributed by atoms with van der Waals surface area (Å²) in [6.07, 6.45) is 3.87. The molecule has 0 bridgehead atoms. The molecule has 0 radical (unpaired) electrons. The lowest BCUT2D eigenvalue weighted by Crippen LogP contribution is -1.98. The van der Waals surface area contributed by atoms with Crippen LogP contribution < -0.4 is 0 Å². The lowest BCUT2D eigenvalue weighted by Gasteiger charge is -2.11. The Morgan fingerprint density at radius 1 is 0.404 bits per heavy atom. The minimum atomic E-state index is 0.919. The fourth-order valence-corrected chi connectivity index (χ4v) is 8.89. The van der Waals surface area contributed by atoms with Crippen molar-refractivity contribution >= 4 is 65.3 Å². The highest BCUT2D eigenvalue weighted by Crippen LogP contribution is 2.48. The van der Waals surface area contributed by atoms with E-state index in [-0.39, 0.29) is 0 Å². The van der Waals surface area contributed by atoms with Crippen molar-refractivity contribution in [1.29, 1.82) is 0 Å². The lowest BCUT2D eigenvalue weighted by molar-refractivity contribution is 1.10. The van der Waals surface area contributed by atoms with E-state index in [9.17, 15) is 0 Å². The van der Waals surface area contributed by atoms with Crippen molar-refractivity contribution in [2.75, 3.05) is 0 Å². The molecule has 11 aromatic rings. The first-order chi connectivity index (χ1) is 25.8. The molecule has 52 heavy (non-hydrogen) atoms. The zero-order valence-corrected chi connectivity index (χ0v) is 28.0. The summed E-state index contributed by atoms with van der Waals surface area (Å²) in [6, 6.07) is 57.3. The lowest BCUT2D eigenvalue weighted by atomic mass is 9.99. The Hall–Kier alpha value is -7.04. The van der Waals surface area contributed by atoms with Crippen LogP contribution in [0.4, 0.5) is 0 Å². The number of aromatic nitrogens is 4. The molecule has 0 fully saturated rings. The van der Waals surface area contributed by atoms with Crippen molar-refractivity contribution in [2.45, 2.75) is 0 Å². The van der Waals surface area contributed by atoms with Crippen LogP contribution in [0.5, 0.6) is 0 Å². The molecule has 1 aliphatic rings. The summed E-state index contributed by atoms with van der Waals surface area (Å²) in [7, 11) is 0. The monoisotopic (exact) mass is 660 g/mol. The molecule has 0 saturated carbocycles. The van der Waals surface area contributed by atoms with Gasteiger partial charge in [0.2, 0.25) is 0 Å². The summed E-state index contributed by atoms with van der Waals surface area (Å²) in [5.41, 5.74) is 14.0. The molecule has 0 spiro atoms. The van der Waals surface area contributed by atoms with E-state index < -0.39 is 0 Å². The first-order valence-electron chi connectivity index (χ1n) is 17.7. The van der Waals surface area contributed by atoms with Gasteiger partial charge in [-0.05, 0) is 105 Å². The van der Waals surface area contributed by atoms with Crippen LogP contribution in [0.25, 0.3) is 110 Å². The summed E-state index contributed by atoms with van der Waals surface area (Å²) in [6.45, 7) is 0. The van der Waals surface area contributed by atoms with Crippen LogP contribution in [0.3, 0.4) is 0 Å². The molecule has 4 aromatic heterocycles. The highest BCUT2D eigenvalue weighted by Gasteiger charge is 2.25. The maximum Gasteiger partial charge on any atom is 0.138 e. The number of pyridine rings is 2. The van der Waals surface area contributed by atoms with Crippen LogP contribution in [0, 0.1) is 0 Å². The minimum absolute atomic E-state index is 0.919. The van der Waals surface area contributed by atoms with E-state index in [0.717, 1.165) is 22.4 Å². The predicted octanol–water partition coefficient (Wildman–Crippen LogP) is 12.3. The van der Waals surface area contributed by atoms with Gasteiger partial charge >= 0.3 is 0 Å². The fraction of sp³-hybridized carbons (Fsp3) is 0. The number of para-hydroxylation sites is 2. The normalized spacial score (nSPS) is 12.2. The van der Waals surface area contributed by atoms with Crippen LogP contribution in [0.1, 0.15) is 0 Å². The smallest absolute Gasteiger partial charge is 0.138 e. The van der Waals surface area contributed by atoms with Crippen molar-refractivity contribution in [1.82, 2.24) is 19.1 Å². The Morgan fingerprint density at radius 2 is 1.13 bits per heavy atom. The predicted molar refractivity (Wildman–Crippen MR) is 216 cm³/mol. The summed E-state index contributed by atoms with van der Waals surface area (Å²) >= 11 is 0. The Morgan fingerprint density at radius 3 is 2.02 bits per heavy atom. The second-order valence-corrected chi connectivity index (χ2v) is 13.8. The number of hydrogen-bond acceptors (Lipinski definition) is 2. The standard InChI is InChI=1S/C48H28N4/c1-2-10-32(11-3-1)51-42-16-7-6-13-35(42)37-25-30(18-20-43(37)51)31-19-21-44-39(26-31)48-33-12-5-4-9-29(33)17-22-45(48)52(44)46-27-38-34-23-24-49-28-40(34)36-14-8-15-41(50-46)47(36)38/h1-28H. The molecule has 0 amide bonds. The fourth-order valence-electron chi connectivity index (χ4n) is 8.89. The average molecular weight is 661 g/mol. The number of rotatable bonds is 3. The third-order valence-electron chi connectivity index (χ3n) is 11.1. The molecule has 4 nitrogen and oxygen atoms in total. The van der Waals surface area contributed by atoms with Gasteiger partial charge in [-0.15, -0.1) is 0 Å². The molecule has 12 rings (SSSR count). The van der Waals surface area contributed by atoms with Gasteiger partial charge in [-0.2, -0.15) is 0 Å². The van der Waals surface area contributed by atoms with E-state index in [4.69, 9.17) is 4.98 Å². The van der Waals surface area contributed by atoms with Crippen LogP contribution in [0.2, 0.25) is 0 Å². The second-order valence-electron chi connectivity index (χ2n) is 13.8. The second kappa shape index (κ2) is 10.3. The summed E-state index contributed by atoms with van der Waals surface area (Å²) < 4.78 is 4.73. The van der Waals surface area contributed by atoms with Gasteiger partial charge in [0.25, 0.3) is 0 Å². The Labute approximate surface area is 298 Å². The number of hydrogen-bond donors (Lipinski definition) is 0. The Kier molecular flexibility index (Phi) is 5.47. The van der Waals surface area contributed by atoms with Crippen molar-refractivity contribution < 1.29 is 0 Å². The quantitative estimate of drug-likeness (QED) is 0.189. The maximum absolute atomic E-state index is 5.35. The number of nitrogens with zero attached hydrogens (tertiary/aromatic N) is 4. The Balaban J connectivity index is 1.12. The van der Waals surface area contributed by atoms with Gasteiger partial charge in [0.1, 0.15) is 5.82 Å². The Bertz CT molecular complexity index is 3290. The van der Waals surface area contributed by atoms with Gasteiger partial charge in [-0.25, -0.2) is 4.98 Å². The van der Waals surface area contributed by atoms with Crippen molar-refractivity contribution in [2.24, 2.45) is 0 Å². The molecule has 240 valence electrons. The molecule has 7 aromatic carbocycles. The highest BCUT2D eigenvalue weighted by atomic mass is 15.1. The van der Waals surface area contributed by atoms with Gasteiger partial charge in [-0.1, -0.05) is 91.0 Å². The van der Waals surface area contributed by atoms with E-state index in [0.29, 0.717) is 0 Å². The van der Waals surface area contributed by atoms with Crippen LogP contribution >= 0.6 is 0 Å². The minimum Gasteiger partial charge on any atom is -0.309 e. The van der Waals surface area contributed by atoms with Crippen LogP contribution in [0.15, 0.2) is 170 Å². The SMILES string of the molecule is c1ccc(-n2c3ccccc3c3cc(-c4ccc5c(c4)c4c6ccccc6ccc4n5-c4cc5c6c(cccc6n4)-c4cnccc4-5)ccc32)cc1. The number of benzene rings is 7. The largest absolute Gasteiger partial charge is 0.309 e. The van der Waals surface area contributed by atoms with E-state index in [1.54, 1.807) is 0 Å².